The van der Waals surface area contributed by atoms with Gasteiger partial charge in [-0.1, -0.05) is 13.3 Å². The maximum atomic E-state index is 10.8. The van der Waals surface area contributed by atoms with E-state index in [4.69, 9.17) is 4.74 Å². The van der Waals surface area contributed by atoms with E-state index in [1.165, 1.54) is 19.3 Å². The van der Waals surface area contributed by atoms with E-state index < -0.39 is 0 Å². The summed E-state index contributed by atoms with van der Waals surface area (Å²) in [7, 11) is 0. The Morgan fingerprint density at radius 1 is 1.64 bits per heavy atom. The monoisotopic (exact) mass is 156 g/mol. The molecule has 0 radical (unpaired) electrons. The van der Waals surface area contributed by atoms with Crippen molar-refractivity contribution in [2.75, 3.05) is 6.61 Å². The van der Waals surface area contributed by atoms with Crippen molar-refractivity contribution in [1.82, 2.24) is 0 Å². The molecular formula is C9H16O2. The van der Waals surface area contributed by atoms with E-state index >= 15 is 0 Å². The van der Waals surface area contributed by atoms with Gasteiger partial charge in [0.25, 0.3) is 0 Å². The number of carbonyl (C=O) groups is 1. The first-order valence-electron chi connectivity index (χ1n) is 4.48. The standard InChI is InChI=1S/C9H16O2/c1-2-4-8-5-3-6-9(10)11-7-8/h8H,2-7H2,1H3/t8-/m1/s1. The van der Waals surface area contributed by atoms with Crippen molar-refractivity contribution >= 4 is 5.97 Å². The topological polar surface area (TPSA) is 26.3 Å². The highest BCUT2D eigenvalue weighted by Gasteiger charge is 2.15. The SMILES string of the molecule is CCC[C@@H]1CCCC(=O)OC1. The average Bonchev–Trinajstić information content (AvgIpc) is 2.17. The molecule has 0 amide bonds. The first kappa shape index (κ1) is 8.57. The van der Waals surface area contributed by atoms with Gasteiger partial charge in [-0.3, -0.25) is 4.79 Å². The zero-order valence-electron chi connectivity index (χ0n) is 7.14. The van der Waals surface area contributed by atoms with Crippen molar-refractivity contribution in [3.8, 4) is 0 Å². The van der Waals surface area contributed by atoms with Crippen LogP contribution in [0, 0.1) is 5.92 Å². The van der Waals surface area contributed by atoms with Gasteiger partial charge in [0.05, 0.1) is 6.61 Å². The van der Waals surface area contributed by atoms with Crippen LogP contribution in [-0.2, 0) is 9.53 Å². The highest BCUT2D eigenvalue weighted by Crippen LogP contribution is 2.18. The minimum absolute atomic E-state index is 0.0106. The van der Waals surface area contributed by atoms with E-state index in [0.29, 0.717) is 18.9 Å². The highest BCUT2D eigenvalue weighted by molar-refractivity contribution is 5.69. The molecule has 0 aliphatic carbocycles. The fourth-order valence-corrected chi connectivity index (χ4v) is 1.54. The van der Waals surface area contributed by atoms with Gasteiger partial charge in [0, 0.05) is 6.42 Å². The average molecular weight is 156 g/mol. The molecular weight excluding hydrogens is 140 g/mol. The van der Waals surface area contributed by atoms with E-state index in [2.05, 4.69) is 6.92 Å². The predicted octanol–water partition coefficient (Wildman–Crippen LogP) is 2.13. The normalized spacial score (nSPS) is 25.9. The van der Waals surface area contributed by atoms with Crippen molar-refractivity contribution < 1.29 is 9.53 Å². The van der Waals surface area contributed by atoms with Crippen LogP contribution in [0.2, 0.25) is 0 Å². The molecule has 0 aromatic carbocycles. The van der Waals surface area contributed by atoms with Crippen LogP contribution in [0.15, 0.2) is 0 Å². The maximum Gasteiger partial charge on any atom is 0.305 e. The smallest absolute Gasteiger partial charge is 0.305 e. The summed E-state index contributed by atoms with van der Waals surface area (Å²) in [4.78, 5) is 10.8. The van der Waals surface area contributed by atoms with E-state index in [9.17, 15) is 4.79 Å². The lowest BCUT2D eigenvalue weighted by Crippen LogP contribution is -2.08. The van der Waals surface area contributed by atoms with E-state index in [1.54, 1.807) is 0 Å². The summed E-state index contributed by atoms with van der Waals surface area (Å²) in [5, 5.41) is 0. The number of rotatable bonds is 2. The van der Waals surface area contributed by atoms with Crippen molar-refractivity contribution in [2.24, 2.45) is 5.92 Å². The van der Waals surface area contributed by atoms with Gasteiger partial charge in [-0.25, -0.2) is 0 Å². The number of cyclic esters (lactones) is 1. The Balaban J connectivity index is 2.28. The second-order valence-corrected chi connectivity index (χ2v) is 3.23. The van der Waals surface area contributed by atoms with Crippen LogP contribution in [0.5, 0.6) is 0 Å². The number of hydrogen-bond donors (Lipinski definition) is 0. The molecule has 1 saturated heterocycles. The van der Waals surface area contributed by atoms with Crippen molar-refractivity contribution in [2.45, 2.75) is 39.0 Å². The lowest BCUT2D eigenvalue weighted by molar-refractivity contribution is -0.143. The lowest BCUT2D eigenvalue weighted by atomic mass is 9.99. The first-order chi connectivity index (χ1) is 5.33. The molecule has 1 aliphatic heterocycles. The Morgan fingerprint density at radius 2 is 2.45 bits per heavy atom. The minimum Gasteiger partial charge on any atom is -0.465 e. The van der Waals surface area contributed by atoms with Gasteiger partial charge >= 0.3 is 5.97 Å². The van der Waals surface area contributed by atoms with Crippen molar-refractivity contribution in [1.29, 1.82) is 0 Å². The minimum atomic E-state index is -0.0106. The second-order valence-electron chi connectivity index (χ2n) is 3.23. The van der Waals surface area contributed by atoms with Crippen LogP contribution in [0.1, 0.15) is 39.0 Å². The molecule has 1 heterocycles. The van der Waals surface area contributed by atoms with Crippen LogP contribution in [0.25, 0.3) is 0 Å². The summed E-state index contributed by atoms with van der Waals surface area (Å²) in [5.74, 6) is 0.620. The molecule has 1 atom stereocenters. The molecule has 0 saturated carbocycles. The van der Waals surface area contributed by atoms with Crippen molar-refractivity contribution in [3.05, 3.63) is 0 Å². The Labute approximate surface area is 67.9 Å². The first-order valence-corrected chi connectivity index (χ1v) is 4.48. The zero-order valence-corrected chi connectivity index (χ0v) is 7.14. The van der Waals surface area contributed by atoms with E-state index in [-0.39, 0.29) is 5.97 Å². The Kier molecular flexibility index (Phi) is 3.40. The molecule has 0 aromatic rings. The van der Waals surface area contributed by atoms with Crippen LogP contribution in [-0.4, -0.2) is 12.6 Å². The van der Waals surface area contributed by atoms with Gasteiger partial charge < -0.3 is 4.74 Å². The van der Waals surface area contributed by atoms with Crippen LogP contribution in [0.3, 0.4) is 0 Å². The number of hydrogen-bond acceptors (Lipinski definition) is 2. The number of esters is 1. The Morgan fingerprint density at radius 3 is 3.18 bits per heavy atom. The maximum absolute atomic E-state index is 10.8. The zero-order chi connectivity index (χ0) is 8.10. The summed E-state index contributed by atoms with van der Waals surface area (Å²) in [6.45, 7) is 2.83. The van der Waals surface area contributed by atoms with Crippen molar-refractivity contribution in [3.63, 3.8) is 0 Å². The molecule has 0 aromatic heterocycles. The third-order valence-corrected chi connectivity index (χ3v) is 2.17. The van der Waals surface area contributed by atoms with Gasteiger partial charge in [-0.15, -0.1) is 0 Å². The number of carbonyl (C=O) groups excluding carboxylic acids is 1. The van der Waals surface area contributed by atoms with Crippen LogP contribution >= 0.6 is 0 Å². The quantitative estimate of drug-likeness (QED) is 0.572. The third kappa shape index (κ3) is 2.91. The summed E-state index contributed by atoms with van der Waals surface area (Å²) >= 11 is 0. The van der Waals surface area contributed by atoms with Crippen LogP contribution in [0.4, 0.5) is 0 Å². The second kappa shape index (κ2) is 4.37. The third-order valence-electron chi connectivity index (χ3n) is 2.17. The molecule has 1 rings (SSSR count). The molecule has 1 aliphatic rings. The van der Waals surface area contributed by atoms with E-state index in [0.717, 1.165) is 6.42 Å². The Hall–Kier alpha value is -0.530. The Bertz CT molecular complexity index is 132. The van der Waals surface area contributed by atoms with E-state index in [1.807, 2.05) is 0 Å². The van der Waals surface area contributed by atoms with Gasteiger partial charge in [-0.05, 0) is 25.2 Å². The molecule has 64 valence electrons. The highest BCUT2D eigenvalue weighted by atomic mass is 16.5. The molecule has 11 heavy (non-hydrogen) atoms. The van der Waals surface area contributed by atoms with Gasteiger partial charge in [0.15, 0.2) is 0 Å². The summed E-state index contributed by atoms with van der Waals surface area (Å²) < 4.78 is 5.03. The largest absolute Gasteiger partial charge is 0.465 e. The molecule has 0 bridgehead atoms. The molecule has 1 fully saturated rings. The summed E-state index contributed by atoms with van der Waals surface area (Å²) in [6, 6.07) is 0. The fourth-order valence-electron chi connectivity index (χ4n) is 1.54. The summed E-state index contributed by atoms with van der Waals surface area (Å²) in [6.07, 6.45) is 5.21. The predicted molar refractivity (Wildman–Crippen MR) is 43.2 cm³/mol. The molecule has 0 spiro atoms. The van der Waals surface area contributed by atoms with Gasteiger partial charge in [0.2, 0.25) is 0 Å². The molecule has 2 nitrogen and oxygen atoms in total. The fraction of sp³-hybridized carbons (Fsp3) is 0.889. The van der Waals surface area contributed by atoms with Gasteiger partial charge in [-0.2, -0.15) is 0 Å². The molecule has 0 N–H and O–H groups in total. The molecule has 2 heteroatoms. The van der Waals surface area contributed by atoms with Crippen LogP contribution < -0.4 is 0 Å². The lowest BCUT2D eigenvalue weighted by Gasteiger charge is -2.10. The molecule has 0 unspecified atom stereocenters. The van der Waals surface area contributed by atoms with Gasteiger partial charge in [0.1, 0.15) is 0 Å². The number of ether oxygens (including phenoxy) is 1. The summed E-state index contributed by atoms with van der Waals surface area (Å²) in [5.41, 5.74) is 0.